The van der Waals surface area contributed by atoms with Gasteiger partial charge in [-0.3, -0.25) is 0 Å². The minimum absolute atomic E-state index is 0.511. The summed E-state index contributed by atoms with van der Waals surface area (Å²) >= 11 is 0. The van der Waals surface area contributed by atoms with E-state index < -0.39 is 0 Å². The summed E-state index contributed by atoms with van der Waals surface area (Å²) in [5.74, 6) is 2.16. The van der Waals surface area contributed by atoms with Crippen LogP contribution < -0.4 is 14.8 Å². The van der Waals surface area contributed by atoms with Crippen LogP contribution in [0.15, 0.2) is 18.2 Å². The van der Waals surface area contributed by atoms with Crippen molar-refractivity contribution >= 4 is 0 Å². The average Bonchev–Trinajstić information content (AvgIpc) is 3.18. The van der Waals surface area contributed by atoms with Crippen molar-refractivity contribution in [2.45, 2.75) is 32.7 Å². The number of methoxy groups -OCH3 is 1. The third kappa shape index (κ3) is 3.91. The van der Waals surface area contributed by atoms with E-state index in [1.54, 1.807) is 7.11 Å². The molecule has 0 radical (unpaired) electrons. The zero-order valence-corrected chi connectivity index (χ0v) is 11.5. The van der Waals surface area contributed by atoms with Crippen molar-refractivity contribution in [3.05, 3.63) is 23.8 Å². The monoisotopic (exact) mass is 249 g/mol. The molecule has 1 saturated carbocycles. The molecule has 1 aliphatic carbocycles. The highest BCUT2D eigenvalue weighted by Gasteiger charge is 2.21. The minimum atomic E-state index is 0.511. The predicted octanol–water partition coefficient (Wildman–Crippen LogP) is 2.77. The molecule has 0 aromatic heterocycles. The molecule has 1 fully saturated rings. The fourth-order valence-electron chi connectivity index (χ4n) is 1.84. The molecule has 1 aromatic carbocycles. The summed E-state index contributed by atoms with van der Waals surface area (Å²) in [6.07, 6.45) is 2.67. The molecule has 2 rings (SSSR count). The van der Waals surface area contributed by atoms with Gasteiger partial charge in [-0.2, -0.15) is 0 Å². The molecule has 18 heavy (non-hydrogen) atoms. The smallest absolute Gasteiger partial charge is 0.161 e. The first-order valence-electron chi connectivity index (χ1n) is 6.70. The maximum Gasteiger partial charge on any atom is 0.161 e. The number of aryl methyl sites for hydroxylation is 1. The van der Waals surface area contributed by atoms with Crippen LogP contribution in [0.5, 0.6) is 11.5 Å². The van der Waals surface area contributed by atoms with E-state index in [-0.39, 0.29) is 0 Å². The molecular formula is C15H23NO2. The highest BCUT2D eigenvalue weighted by molar-refractivity contribution is 5.42. The van der Waals surface area contributed by atoms with Gasteiger partial charge in [-0.15, -0.1) is 0 Å². The quantitative estimate of drug-likeness (QED) is 0.806. The largest absolute Gasteiger partial charge is 0.493 e. The van der Waals surface area contributed by atoms with Crippen molar-refractivity contribution in [2.75, 3.05) is 20.3 Å². The van der Waals surface area contributed by atoms with Crippen molar-refractivity contribution in [3.63, 3.8) is 0 Å². The Morgan fingerprint density at radius 1 is 1.33 bits per heavy atom. The molecule has 0 amide bonds. The van der Waals surface area contributed by atoms with Crippen molar-refractivity contribution in [2.24, 2.45) is 5.92 Å². The fraction of sp³-hybridized carbons (Fsp3) is 0.600. The van der Waals surface area contributed by atoms with Crippen molar-refractivity contribution < 1.29 is 9.47 Å². The van der Waals surface area contributed by atoms with Gasteiger partial charge in [0.25, 0.3) is 0 Å². The van der Waals surface area contributed by atoms with Crippen LogP contribution in [0.25, 0.3) is 0 Å². The fourth-order valence-corrected chi connectivity index (χ4v) is 1.84. The lowest BCUT2D eigenvalue weighted by Crippen LogP contribution is -2.26. The van der Waals surface area contributed by atoms with E-state index >= 15 is 0 Å². The van der Waals surface area contributed by atoms with Crippen LogP contribution in [0.2, 0.25) is 0 Å². The summed E-state index contributed by atoms with van der Waals surface area (Å²) in [6, 6.07) is 6.80. The molecule has 1 aliphatic rings. The highest BCUT2D eigenvalue weighted by atomic mass is 16.5. The number of rotatable bonds is 7. The first-order valence-corrected chi connectivity index (χ1v) is 6.70. The first-order chi connectivity index (χ1) is 8.69. The van der Waals surface area contributed by atoms with Crippen LogP contribution in [0.1, 0.15) is 25.3 Å². The molecule has 0 spiro atoms. The van der Waals surface area contributed by atoms with Crippen molar-refractivity contribution in [3.8, 4) is 11.5 Å². The summed E-state index contributed by atoms with van der Waals surface area (Å²) in [6.45, 7) is 6.00. The Labute approximate surface area is 109 Å². The summed E-state index contributed by atoms with van der Waals surface area (Å²) in [4.78, 5) is 0. The Bertz CT molecular complexity index is 388. The summed E-state index contributed by atoms with van der Waals surface area (Å²) in [5, 5.41) is 3.52. The molecule has 0 saturated heterocycles. The van der Waals surface area contributed by atoms with E-state index in [4.69, 9.17) is 9.47 Å². The van der Waals surface area contributed by atoms with Crippen LogP contribution >= 0.6 is 0 Å². The van der Waals surface area contributed by atoms with E-state index in [1.165, 1.54) is 18.4 Å². The Hall–Kier alpha value is -1.22. The number of hydrogen-bond acceptors (Lipinski definition) is 3. The van der Waals surface area contributed by atoms with Crippen molar-refractivity contribution in [1.82, 2.24) is 5.32 Å². The Morgan fingerprint density at radius 2 is 2.11 bits per heavy atom. The standard InChI is InChI=1S/C15H23NO2/c1-11-4-7-14(15(8-11)17-3)18-10-12(2)9-16-13-5-6-13/h4,7-8,12-13,16H,5-6,9-10H2,1-3H3. The summed E-state index contributed by atoms with van der Waals surface area (Å²) in [5.41, 5.74) is 1.18. The maximum absolute atomic E-state index is 5.83. The Kier molecular flexibility index (Phi) is 4.48. The zero-order valence-electron chi connectivity index (χ0n) is 11.5. The maximum atomic E-state index is 5.83. The van der Waals surface area contributed by atoms with Gasteiger partial charge in [0, 0.05) is 18.5 Å². The lowest BCUT2D eigenvalue weighted by molar-refractivity contribution is 0.243. The third-order valence-corrected chi connectivity index (χ3v) is 3.17. The van der Waals surface area contributed by atoms with Gasteiger partial charge in [-0.05, 0) is 37.5 Å². The molecule has 1 atom stereocenters. The second-order valence-corrected chi connectivity index (χ2v) is 5.25. The SMILES string of the molecule is COc1cc(C)ccc1OCC(C)CNC1CC1. The molecule has 0 heterocycles. The van der Waals surface area contributed by atoms with E-state index in [0.29, 0.717) is 5.92 Å². The van der Waals surface area contributed by atoms with Gasteiger partial charge in [0.15, 0.2) is 11.5 Å². The van der Waals surface area contributed by atoms with Gasteiger partial charge < -0.3 is 14.8 Å². The molecule has 1 N–H and O–H groups in total. The second kappa shape index (κ2) is 6.10. The molecule has 100 valence electrons. The molecule has 0 aliphatic heterocycles. The second-order valence-electron chi connectivity index (χ2n) is 5.25. The van der Waals surface area contributed by atoms with Gasteiger partial charge in [-0.25, -0.2) is 0 Å². The minimum Gasteiger partial charge on any atom is -0.493 e. The Morgan fingerprint density at radius 3 is 2.78 bits per heavy atom. The average molecular weight is 249 g/mol. The summed E-state index contributed by atoms with van der Waals surface area (Å²) in [7, 11) is 1.68. The lowest BCUT2D eigenvalue weighted by Gasteiger charge is -2.15. The molecule has 0 bridgehead atoms. The number of nitrogens with one attached hydrogen (secondary N) is 1. The van der Waals surface area contributed by atoms with Crippen LogP contribution in [0.4, 0.5) is 0 Å². The topological polar surface area (TPSA) is 30.5 Å². The van der Waals surface area contributed by atoms with Gasteiger partial charge >= 0.3 is 0 Å². The van der Waals surface area contributed by atoms with Crippen LogP contribution in [-0.2, 0) is 0 Å². The van der Waals surface area contributed by atoms with E-state index in [2.05, 4.69) is 19.2 Å². The van der Waals surface area contributed by atoms with Gasteiger partial charge in [0.05, 0.1) is 13.7 Å². The number of ether oxygens (including phenoxy) is 2. The Balaban J connectivity index is 1.80. The van der Waals surface area contributed by atoms with Crippen LogP contribution in [0, 0.1) is 12.8 Å². The predicted molar refractivity (Wildman–Crippen MR) is 73.4 cm³/mol. The lowest BCUT2D eigenvalue weighted by atomic mass is 10.2. The first kappa shape index (κ1) is 13.2. The molecule has 1 unspecified atom stereocenters. The molecular weight excluding hydrogens is 226 g/mol. The van der Waals surface area contributed by atoms with E-state index in [0.717, 1.165) is 30.7 Å². The van der Waals surface area contributed by atoms with Crippen molar-refractivity contribution in [1.29, 1.82) is 0 Å². The van der Waals surface area contributed by atoms with Crippen LogP contribution in [0.3, 0.4) is 0 Å². The van der Waals surface area contributed by atoms with Gasteiger partial charge in [-0.1, -0.05) is 13.0 Å². The van der Waals surface area contributed by atoms with Gasteiger partial charge in [0.1, 0.15) is 0 Å². The zero-order chi connectivity index (χ0) is 13.0. The van der Waals surface area contributed by atoms with Crippen LogP contribution in [-0.4, -0.2) is 26.3 Å². The normalized spacial score (nSPS) is 16.4. The third-order valence-electron chi connectivity index (χ3n) is 3.17. The number of benzene rings is 1. The van der Waals surface area contributed by atoms with Gasteiger partial charge in [0.2, 0.25) is 0 Å². The van der Waals surface area contributed by atoms with E-state index in [1.807, 2.05) is 18.2 Å². The molecule has 3 heteroatoms. The molecule has 1 aromatic rings. The van der Waals surface area contributed by atoms with E-state index in [9.17, 15) is 0 Å². The molecule has 3 nitrogen and oxygen atoms in total. The summed E-state index contributed by atoms with van der Waals surface area (Å²) < 4.78 is 11.2. The highest BCUT2D eigenvalue weighted by Crippen LogP contribution is 2.28. The number of hydrogen-bond donors (Lipinski definition) is 1.